The van der Waals surface area contributed by atoms with Crippen molar-refractivity contribution in [2.45, 2.75) is 37.7 Å². The number of aliphatic hydroxyl groups is 1. The third-order valence-corrected chi connectivity index (χ3v) is 4.29. The molecule has 3 rings (SSSR count). The fourth-order valence-electron chi connectivity index (χ4n) is 3.21. The van der Waals surface area contributed by atoms with Gasteiger partial charge in [0.15, 0.2) is 5.60 Å². The third kappa shape index (κ3) is 2.45. The first kappa shape index (κ1) is 13.8. The van der Waals surface area contributed by atoms with Gasteiger partial charge in [0.25, 0.3) is 0 Å². The van der Waals surface area contributed by atoms with Crippen LogP contribution in [0.5, 0.6) is 0 Å². The Labute approximate surface area is 124 Å². The van der Waals surface area contributed by atoms with Gasteiger partial charge in [0.05, 0.1) is 18.7 Å². The molecule has 108 valence electrons. The van der Waals surface area contributed by atoms with Gasteiger partial charge in [-0.15, -0.1) is 0 Å². The van der Waals surface area contributed by atoms with E-state index in [4.69, 9.17) is 9.68 Å². The fraction of sp³-hybridized carbons (Fsp3) is 0.412. The quantitative estimate of drug-likeness (QED) is 0.935. The standard InChI is InChI=1S/C17H18N2O2/c18-11-10-15-12-19-16(21-15)17(20,14-8-4-5-9-14)13-6-2-1-3-7-13/h1-3,6-7,12,14,20H,4-5,8-10H2. The molecule has 1 atom stereocenters. The van der Waals surface area contributed by atoms with Crippen LogP contribution in [0.25, 0.3) is 0 Å². The van der Waals surface area contributed by atoms with Crippen molar-refractivity contribution >= 4 is 0 Å². The van der Waals surface area contributed by atoms with Gasteiger partial charge < -0.3 is 9.52 Å². The van der Waals surface area contributed by atoms with E-state index in [0.29, 0.717) is 11.7 Å². The van der Waals surface area contributed by atoms with Crippen LogP contribution in [0.3, 0.4) is 0 Å². The molecular formula is C17H18N2O2. The molecule has 0 aliphatic heterocycles. The van der Waals surface area contributed by atoms with E-state index in [1.807, 2.05) is 36.4 Å². The summed E-state index contributed by atoms with van der Waals surface area (Å²) in [7, 11) is 0. The number of oxazole rings is 1. The maximum Gasteiger partial charge on any atom is 0.231 e. The maximum absolute atomic E-state index is 11.4. The van der Waals surface area contributed by atoms with E-state index in [1.165, 1.54) is 0 Å². The molecule has 1 aliphatic carbocycles. The average Bonchev–Trinajstić information content (AvgIpc) is 3.20. The maximum atomic E-state index is 11.4. The fourth-order valence-corrected chi connectivity index (χ4v) is 3.21. The Hall–Kier alpha value is -2.12. The van der Waals surface area contributed by atoms with Crippen molar-refractivity contribution in [3.8, 4) is 6.07 Å². The normalized spacial score (nSPS) is 18.3. The van der Waals surface area contributed by atoms with Crippen molar-refractivity contribution in [3.05, 3.63) is 53.7 Å². The van der Waals surface area contributed by atoms with Gasteiger partial charge in [-0.2, -0.15) is 5.26 Å². The highest BCUT2D eigenvalue weighted by atomic mass is 16.4. The molecule has 0 spiro atoms. The summed E-state index contributed by atoms with van der Waals surface area (Å²) in [4.78, 5) is 4.26. The largest absolute Gasteiger partial charge is 0.441 e. The smallest absolute Gasteiger partial charge is 0.231 e. The molecular weight excluding hydrogens is 264 g/mol. The summed E-state index contributed by atoms with van der Waals surface area (Å²) in [6.45, 7) is 0. The second kappa shape index (κ2) is 5.71. The van der Waals surface area contributed by atoms with Gasteiger partial charge in [0, 0.05) is 5.92 Å². The van der Waals surface area contributed by atoms with Crippen LogP contribution >= 0.6 is 0 Å². The number of hydrogen-bond acceptors (Lipinski definition) is 4. The molecule has 1 aromatic carbocycles. The molecule has 1 N–H and O–H groups in total. The average molecular weight is 282 g/mol. The van der Waals surface area contributed by atoms with Gasteiger partial charge in [-0.05, 0) is 18.4 Å². The van der Waals surface area contributed by atoms with Crippen molar-refractivity contribution in [1.82, 2.24) is 4.98 Å². The summed E-state index contributed by atoms with van der Waals surface area (Å²) in [5, 5.41) is 20.2. The minimum atomic E-state index is -1.20. The molecule has 1 heterocycles. The third-order valence-electron chi connectivity index (χ3n) is 4.29. The van der Waals surface area contributed by atoms with Crippen molar-refractivity contribution in [1.29, 1.82) is 5.26 Å². The number of hydrogen-bond donors (Lipinski definition) is 1. The van der Waals surface area contributed by atoms with Gasteiger partial charge in [0.1, 0.15) is 5.76 Å². The van der Waals surface area contributed by atoms with E-state index < -0.39 is 5.60 Å². The highest BCUT2D eigenvalue weighted by Gasteiger charge is 2.45. The van der Waals surface area contributed by atoms with E-state index >= 15 is 0 Å². The van der Waals surface area contributed by atoms with E-state index in [1.54, 1.807) is 6.20 Å². The summed E-state index contributed by atoms with van der Waals surface area (Å²) in [6.07, 6.45) is 5.86. The first-order valence-electron chi connectivity index (χ1n) is 7.35. The zero-order chi connectivity index (χ0) is 14.7. The van der Waals surface area contributed by atoms with Gasteiger partial charge >= 0.3 is 0 Å². The molecule has 1 aliphatic rings. The molecule has 0 amide bonds. The van der Waals surface area contributed by atoms with Gasteiger partial charge in [-0.3, -0.25) is 0 Å². The molecule has 1 unspecified atom stereocenters. The van der Waals surface area contributed by atoms with Crippen molar-refractivity contribution in [2.75, 3.05) is 0 Å². The molecule has 4 heteroatoms. The highest BCUT2D eigenvalue weighted by molar-refractivity contribution is 5.30. The van der Waals surface area contributed by atoms with Gasteiger partial charge in [-0.1, -0.05) is 43.2 Å². The minimum Gasteiger partial charge on any atom is -0.441 e. The highest BCUT2D eigenvalue weighted by Crippen LogP contribution is 2.44. The summed E-state index contributed by atoms with van der Waals surface area (Å²) in [6, 6.07) is 11.6. The predicted molar refractivity (Wildman–Crippen MR) is 77.2 cm³/mol. The zero-order valence-electron chi connectivity index (χ0n) is 11.8. The molecule has 2 aromatic rings. The summed E-state index contributed by atoms with van der Waals surface area (Å²) in [5.41, 5.74) is -0.395. The second-order valence-electron chi connectivity index (χ2n) is 5.58. The monoisotopic (exact) mass is 282 g/mol. The molecule has 0 saturated heterocycles. The first-order valence-corrected chi connectivity index (χ1v) is 7.35. The van der Waals surface area contributed by atoms with Crippen molar-refractivity contribution in [3.63, 3.8) is 0 Å². The second-order valence-corrected chi connectivity index (χ2v) is 5.58. The first-order chi connectivity index (χ1) is 10.2. The van der Waals surface area contributed by atoms with Crippen LogP contribution in [0.15, 0.2) is 40.9 Å². The lowest BCUT2D eigenvalue weighted by Gasteiger charge is -2.31. The Kier molecular flexibility index (Phi) is 3.76. The topological polar surface area (TPSA) is 70.0 Å². The number of rotatable bonds is 4. The number of nitrogens with zero attached hydrogens (tertiary/aromatic N) is 2. The van der Waals surface area contributed by atoms with E-state index in [2.05, 4.69) is 4.98 Å². The minimum absolute atomic E-state index is 0.105. The van der Waals surface area contributed by atoms with E-state index in [9.17, 15) is 5.11 Å². The molecule has 0 radical (unpaired) electrons. The predicted octanol–water partition coefficient (Wildman–Crippen LogP) is 3.17. The lowest BCUT2D eigenvalue weighted by Crippen LogP contribution is -2.35. The van der Waals surface area contributed by atoms with Crippen LogP contribution in [0, 0.1) is 17.2 Å². The molecule has 1 aromatic heterocycles. The van der Waals surface area contributed by atoms with E-state index in [-0.39, 0.29) is 12.3 Å². The zero-order valence-corrected chi connectivity index (χ0v) is 11.8. The van der Waals surface area contributed by atoms with Crippen LogP contribution in [-0.2, 0) is 12.0 Å². The van der Waals surface area contributed by atoms with Gasteiger partial charge in [0.2, 0.25) is 5.89 Å². The Morgan fingerprint density at radius 1 is 1.29 bits per heavy atom. The van der Waals surface area contributed by atoms with Crippen molar-refractivity contribution in [2.24, 2.45) is 5.92 Å². The number of benzene rings is 1. The number of nitriles is 1. The molecule has 4 nitrogen and oxygen atoms in total. The van der Waals surface area contributed by atoms with E-state index in [0.717, 1.165) is 31.2 Å². The van der Waals surface area contributed by atoms with Crippen LogP contribution < -0.4 is 0 Å². The molecule has 0 bridgehead atoms. The van der Waals surface area contributed by atoms with Crippen LogP contribution in [0.2, 0.25) is 0 Å². The molecule has 1 fully saturated rings. The summed E-state index contributed by atoms with van der Waals surface area (Å²) < 4.78 is 5.67. The Balaban J connectivity index is 2.05. The van der Waals surface area contributed by atoms with Crippen molar-refractivity contribution < 1.29 is 9.52 Å². The Morgan fingerprint density at radius 2 is 2.00 bits per heavy atom. The lowest BCUT2D eigenvalue weighted by molar-refractivity contribution is -0.00666. The van der Waals surface area contributed by atoms with Crippen LogP contribution in [0.4, 0.5) is 0 Å². The van der Waals surface area contributed by atoms with Gasteiger partial charge in [-0.25, -0.2) is 4.98 Å². The van der Waals surface area contributed by atoms with Crippen LogP contribution in [0.1, 0.15) is 42.9 Å². The van der Waals surface area contributed by atoms with Crippen LogP contribution in [-0.4, -0.2) is 10.1 Å². The summed E-state index contributed by atoms with van der Waals surface area (Å²) in [5.74, 6) is 0.916. The number of aromatic nitrogens is 1. The molecule has 21 heavy (non-hydrogen) atoms. The SMILES string of the molecule is N#CCc1cnc(C(O)(c2ccccc2)C2CCCC2)o1. The Morgan fingerprint density at radius 3 is 2.67 bits per heavy atom. The Bertz CT molecular complexity index is 638. The summed E-state index contributed by atoms with van der Waals surface area (Å²) >= 11 is 0. The molecule has 1 saturated carbocycles. The lowest BCUT2D eigenvalue weighted by atomic mass is 9.80.